The number of hydrogen-bond acceptors (Lipinski definition) is 6. The SMILES string of the molecule is CC(=O)/C(C=N[C@@H](c1c(C)cc(C)cc1C)[C@@H](N=C/C(C(C)=O)=C(\O)c1c(C)cc(C)cc1C)c1c(C)cc(C)cc1C)=C(\O)c1c(C)cc(C)cc1C. The smallest absolute Gasteiger partial charge is 0.165 e. The summed E-state index contributed by atoms with van der Waals surface area (Å²) < 4.78 is 0. The Labute approximate surface area is 322 Å². The van der Waals surface area contributed by atoms with E-state index in [4.69, 9.17) is 9.98 Å². The Balaban J connectivity index is 2.11. The molecular weight excluding hydrogens is 669 g/mol. The van der Waals surface area contributed by atoms with Crippen molar-refractivity contribution in [3.8, 4) is 0 Å². The first-order valence-electron chi connectivity index (χ1n) is 18.5. The first kappa shape index (κ1) is 41.4. The average Bonchev–Trinajstić information content (AvgIpc) is 3.01. The third kappa shape index (κ3) is 8.87. The molecule has 282 valence electrons. The van der Waals surface area contributed by atoms with Crippen molar-refractivity contribution < 1.29 is 19.8 Å². The molecule has 2 N–H and O–H groups in total. The number of hydrogen-bond donors (Lipinski definition) is 2. The van der Waals surface area contributed by atoms with Crippen LogP contribution in [-0.4, -0.2) is 34.2 Å². The maximum atomic E-state index is 13.3. The van der Waals surface area contributed by atoms with Gasteiger partial charge in [-0.25, -0.2) is 0 Å². The van der Waals surface area contributed by atoms with Crippen LogP contribution in [0.2, 0.25) is 0 Å². The van der Waals surface area contributed by atoms with Gasteiger partial charge in [-0.1, -0.05) is 70.8 Å². The molecule has 0 heterocycles. The molecule has 0 bridgehead atoms. The van der Waals surface area contributed by atoms with Crippen LogP contribution in [0.3, 0.4) is 0 Å². The Morgan fingerprint density at radius 1 is 0.444 bits per heavy atom. The predicted octanol–water partition coefficient (Wildman–Crippen LogP) is 11.4. The normalized spacial score (nSPS) is 14.0. The minimum atomic E-state index is -0.692. The van der Waals surface area contributed by atoms with Gasteiger partial charge in [0.25, 0.3) is 0 Å². The number of aliphatic imine (C=N–C) groups is 2. The molecule has 0 saturated carbocycles. The summed E-state index contributed by atoms with van der Waals surface area (Å²) in [4.78, 5) is 37.0. The molecule has 0 saturated heterocycles. The largest absolute Gasteiger partial charge is 0.506 e. The Hall–Kier alpha value is -5.36. The Bertz CT molecular complexity index is 2030. The lowest BCUT2D eigenvalue weighted by Crippen LogP contribution is -2.16. The van der Waals surface area contributed by atoms with Crippen molar-refractivity contribution in [2.75, 3.05) is 0 Å². The number of ketones is 2. The number of aryl methyl sites for hydroxylation is 12. The van der Waals surface area contributed by atoms with Crippen LogP contribution in [-0.2, 0) is 9.59 Å². The van der Waals surface area contributed by atoms with Crippen molar-refractivity contribution in [1.82, 2.24) is 0 Å². The zero-order chi connectivity index (χ0) is 40.3. The fourth-order valence-corrected chi connectivity index (χ4v) is 8.27. The molecule has 2 atom stereocenters. The minimum absolute atomic E-state index is 0.0878. The molecule has 4 aromatic rings. The highest BCUT2D eigenvalue weighted by molar-refractivity contribution is 6.18. The maximum Gasteiger partial charge on any atom is 0.165 e. The van der Waals surface area contributed by atoms with E-state index in [9.17, 15) is 19.8 Å². The van der Waals surface area contributed by atoms with Gasteiger partial charge in [0.15, 0.2) is 11.6 Å². The number of rotatable bonds is 11. The highest BCUT2D eigenvalue weighted by Crippen LogP contribution is 2.42. The number of nitrogens with zero attached hydrogens (tertiary/aromatic N) is 2. The van der Waals surface area contributed by atoms with Crippen LogP contribution in [0.5, 0.6) is 0 Å². The third-order valence-corrected chi connectivity index (χ3v) is 10.2. The number of carbonyl (C=O) groups excluding carboxylic acids is 2. The molecule has 54 heavy (non-hydrogen) atoms. The number of allylic oxidation sites excluding steroid dienone is 2. The molecule has 0 aliphatic carbocycles. The lowest BCUT2D eigenvalue weighted by atomic mass is 9.84. The van der Waals surface area contributed by atoms with E-state index in [0.717, 1.165) is 77.9 Å². The van der Waals surface area contributed by atoms with Gasteiger partial charge in [0.1, 0.15) is 23.6 Å². The highest BCUT2D eigenvalue weighted by Gasteiger charge is 2.30. The van der Waals surface area contributed by atoms with Gasteiger partial charge in [-0.3, -0.25) is 19.6 Å². The average molecular weight is 725 g/mol. The van der Waals surface area contributed by atoms with Gasteiger partial charge in [-0.05, 0) is 153 Å². The molecule has 4 rings (SSSR count). The van der Waals surface area contributed by atoms with Gasteiger partial charge in [0, 0.05) is 23.6 Å². The van der Waals surface area contributed by atoms with Crippen molar-refractivity contribution in [2.24, 2.45) is 9.98 Å². The second kappa shape index (κ2) is 16.8. The van der Waals surface area contributed by atoms with Gasteiger partial charge in [-0.15, -0.1) is 0 Å². The van der Waals surface area contributed by atoms with Crippen LogP contribution in [0, 0.1) is 83.1 Å². The van der Waals surface area contributed by atoms with Crippen LogP contribution in [0.1, 0.15) is 115 Å². The lowest BCUT2D eigenvalue weighted by Gasteiger charge is -2.28. The van der Waals surface area contributed by atoms with Gasteiger partial charge in [0.05, 0.1) is 11.1 Å². The fourth-order valence-electron chi connectivity index (χ4n) is 8.27. The van der Waals surface area contributed by atoms with Crippen molar-refractivity contribution in [2.45, 2.75) is 109 Å². The third-order valence-electron chi connectivity index (χ3n) is 10.2. The van der Waals surface area contributed by atoms with Crippen LogP contribution < -0.4 is 0 Å². The van der Waals surface area contributed by atoms with E-state index in [1.807, 2.05) is 93.5 Å². The molecule has 0 aromatic heterocycles. The van der Waals surface area contributed by atoms with E-state index in [0.29, 0.717) is 11.1 Å². The van der Waals surface area contributed by atoms with E-state index in [2.05, 4.69) is 38.1 Å². The molecule has 0 amide bonds. The highest BCUT2D eigenvalue weighted by atomic mass is 16.3. The number of aliphatic hydroxyl groups excluding tert-OH is 2. The topological polar surface area (TPSA) is 99.3 Å². The van der Waals surface area contributed by atoms with Crippen LogP contribution >= 0.6 is 0 Å². The molecule has 4 aromatic carbocycles. The summed E-state index contributed by atoms with van der Waals surface area (Å²) in [5, 5.41) is 23.5. The zero-order valence-corrected chi connectivity index (χ0v) is 34.5. The molecule has 0 radical (unpaired) electrons. The number of aliphatic hydroxyl groups is 2. The Morgan fingerprint density at radius 2 is 0.667 bits per heavy atom. The second-order valence-corrected chi connectivity index (χ2v) is 15.3. The van der Waals surface area contributed by atoms with E-state index >= 15 is 0 Å². The van der Waals surface area contributed by atoms with Gasteiger partial charge >= 0.3 is 0 Å². The van der Waals surface area contributed by atoms with Crippen LogP contribution in [0.4, 0.5) is 0 Å². The fraction of sp³-hybridized carbons (Fsp3) is 0.333. The summed E-state index contributed by atoms with van der Waals surface area (Å²) in [6, 6.07) is 15.0. The molecular formula is C48H56N2O4. The van der Waals surface area contributed by atoms with E-state index in [-0.39, 0.29) is 34.2 Å². The summed E-state index contributed by atoms with van der Waals surface area (Å²) in [5.74, 6) is -0.915. The number of benzene rings is 4. The first-order chi connectivity index (χ1) is 25.2. The van der Waals surface area contributed by atoms with Crippen molar-refractivity contribution in [3.05, 3.63) is 149 Å². The van der Waals surface area contributed by atoms with E-state index in [1.165, 1.54) is 26.3 Å². The van der Waals surface area contributed by atoms with Crippen molar-refractivity contribution in [1.29, 1.82) is 0 Å². The van der Waals surface area contributed by atoms with E-state index in [1.54, 1.807) is 0 Å². The van der Waals surface area contributed by atoms with Crippen molar-refractivity contribution in [3.63, 3.8) is 0 Å². The lowest BCUT2D eigenvalue weighted by molar-refractivity contribution is -0.114. The van der Waals surface area contributed by atoms with Gasteiger partial charge < -0.3 is 10.2 Å². The molecule has 0 unspecified atom stereocenters. The monoisotopic (exact) mass is 724 g/mol. The summed E-state index contributed by atoms with van der Waals surface area (Å²) >= 11 is 0. The summed E-state index contributed by atoms with van der Waals surface area (Å²) in [6.07, 6.45) is 2.97. The molecule has 0 aliphatic rings. The second-order valence-electron chi connectivity index (χ2n) is 15.3. The Morgan fingerprint density at radius 3 is 0.889 bits per heavy atom. The van der Waals surface area contributed by atoms with Crippen LogP contribution in [0.15, 0.2) is 69.7 Å². The summed E-state index contributed by atoms with van der Waals surface area (Å²) in [5.41, 5.74) is 15.0. The first-order valence-corrected chi connectivity index (χ1v) is 18.5. The number of carbonyl (C=O) groups is 2. The van der Waals surface area contributed by atoms with E-state index < -0.39 is 12.1 Å². The summed E-state index contributed by atoms with van der Waals surface area (Å²) in [7, 11) is 0. The van der Waals surface area contributed by atoms with Crippen LogP contribution in [0.25, 0.3) is 11.5 Å². The van der Waals surface area contributed by atoms with Gasteiger partial charge in [0.2, 0.25) is 0 Å². The molecule has 6 heteroatoms. The quantitative estimate of drug-likeness (QED) is 0.0913. The standard InChI is InChI=1S/C48H56N2O4/c1-25-15-29(5)41(30(6)16-25)45(49-23-39(37(13)51)47(53)43-33(9)19-27(3)20-34(43)10)46(42-31(7)17-26(2)18-32(42)8)50-24-40(38(14)52)48(54)44-35(11)21-28(4)22-36(44)12/h15-24,45-46,53-54H,1-14H3/b47-39-,48-40+,49-23?,50-24?/t45-,46-/m0/s1. The maximum absolute atomic E-state index is 13.3. The molecule has 6 nitrogen and oxygen atoms in total. The Kier molecular flexibility index (Phi) is 12.8. The predicted molar refractivity (Wildman–Crippen MR) is 226 cm³/mol. The van der Waals surface area contributed by atoms with Crippen molar-refractivity contribution >= 4 is 35.5 Å². The summed E-state index contributed by atoms with van der Waals surface area (Å²) in [6.45, 7) is 26.8. The van der Waals surface area contributed by atoms with Gasteiger partial charge in [-0.2, -0.15) is 0 Å². The zero-order valence-electron chi connectivity index (χ0n) is 34.5. The molecule has 0 fully saturated rings. The molecule has 0 spiro atoms. The minimum Gasteiger partial charge on any atom is -0.506 e. The number of Topliss-reactive ketones (excluding diaryl/α,β-unsaturated/α-hetero) is 2. The molecule has 0 aliphatic heterocycles.